The Morgan fingerprint density at radius 3 is 3.00 bits per heavy atom. The predicted octanol–water partition coefficient (Wildman–Crippen LogP) is 1.78. The van der Waals surface area contributed by atoms with Gasteiger partial charge in [0.05, 0.1) is 10.7 Å². The normalized spacial score (nSPS) is 16.1. The van der Waals surface area contributed by atoms with Gasteiger partial charge in [-0.1, -0.05) is 24.6 Å². The third kappa shape index (κ3) is 3.85. The molecule has 1 aliphatic rings. The van der Waals surface area contributed by atoms with Gasteiger partial charge in [0, 0.05) is 32.6 Å². The van der Waals surface area contributed by atoms with E-state index in [2.05, 4.69) is 28.5 Å². The number of hydrogen-bond donors (Lipinski definition) is 2. The van der Waals surface area contributed by atoms with E-state index in [0.717, 1.165) is 36.9 Å². The van der Waals surface area contributed by atoms with Crippen molar-refractivity contribution in [1.82, 2.24) is 10.6 Å². The minimum absolute atomic E-state index is 0.113. The van der Waals surface area contributed by atoms with E-state index < -0.39 is 0 Å². The molecule has 0 aliphatic carbocycles. The Balaban J connectivity index is 2.09. The van der Waals surface area contributed by atoms with Crippen LogP contribution in [-0.2, 0) is 11.3 Å². The first-order chi connectivity index (χ1) is 9.20. The molecule has 19 heavy (non-hydrogen) atoms. The molecule has 4 nitrogen and oxygen atoms in total. The maximum atomic E-state index is 11.3. The first kappa shape index (κ1) is 14.2. The summed E-state index contributed by atoms with van der Waals surface area (Å²) in [6.45, 7) is 6.05. The summed E-state index contributed by atoms with van der Waals surface area (Å²) in [6, 6.07) is 6.13. The number of amides is 1. The van der Waals surface area contributed by atoms with Crippen LogP contribution in [0.5, 0.6) is 0 Å². The van der Waals surface area contributed by atoms with Crippen LogP contribution in [0, 0.1) is 0 Å². The summed E-state index contributed by atoms with van der Waals surface area (Å²) in [7, 11) is 0. The van der Waals surface area contributed by atoms with Crippen LogP contribution in [0.2, 0.25) is 5.02 Å². The second-order valence-electron chi connectivity index (χ2n) is 4.65. The van der Waals surface area contributed by atoms with Crippen molar-refractivity contribution in [3.8, 4) is 0 Å². The Kier molecular flexibility index (Phi) is 5.05. The van der Waals surface area contributed by atoms with Crippen molar-refractivity contribution in [2.45, 2.75) is 19.9 Å². The van der Waals surface area contributed by atoms with Crippen molar-refractivity contribution in [1.29, 1.82) is 0 Å². The zero-order valence-corrected chi connectivity index (χ0v) is 12.0. The van der Waals surface area contributed by atoms with E-state index in [-0.39, 0.29) is 5.91 Å². The van der Waals surface area contributed by atoms with Crippen molar-refractivity contribution in [3.05, 3.63) is 28.8 Å². The van der Waals surface area contributed by atoms with Crippen LogP contribution < -0.4 is 15.5 Å². The smallest absolute Gasteiger partial charge is 0.221 e. The van der Waals surface area contributed by atoms with Crippen LogP contribution >= 0.6 is 11.6 Å². The summed E-state index contributed by atoms with van der Waals surface area (Å²) in [5.74, 6) is 0.113. The highest BCUT2D eigenvalue weighted by Crippen LogP contribution is 2.27. The largest absolute Gasteiger partial charge is 0.368 e. The van der Waals surface area contributed by atoms with Gasteiger partial charge in [-0.3, -0.25) is 4.79 Å². The summed E-state index contributed by atoms with van der Waals surface area (Å²) in [4.78, 5) is 13.5. The molecule has 0 aromatic heterocycles. The van der Waals surface area contributed by atoms with E-state index in [4.69, 9.17) is 11.6 Å². The summed E-state index contributed by atoms with van der Waals surface area (Å²) < 4.78 is 0. The molecule has 1 fully saturated rings. The van der Waals surface area contributed by atoms with Crippen LogP contribution in [0.1, 0.15) is 18.9 Å². The molecule has 104 valence electrons. The summed E-state index contributed by atoms with van der Waals surface area (Å²) in [6.07, 6.45) is 0.523. The Labute approximate surface area is 119 Å². The second kappa shape index (κ2) is 6.78. The maximum Gasteiger partial charge on any atom is 0.221 e. The monoisotopic (exact) mass is 281 g/mol. The van der Waals surface area contributed by atoms with Crippen molar-refractivity contribution in [2.75, 3.05) is 31.1 Å². The molecule has 0 spiro atoms. The quantitative estimate of drug-likeness (QED) is 0.884. The minimum atomic E-state index is 0.113. The van der Waals surface area contributed by atoms with E-state index >= 15 is 0 Å². The molecule has 1 aromatic rings. The van der Waals surface area contributed by atoms with Gasteiger partial charge in [0.2, 0.25) is 5.91 Å². The van der Waals surface area contributed by atoms with Gasteiger partial charge in [-0.05, 0) is 24.2 Å². The Morgan fingerprint density at radius 1 is 1.42 bits per heavy atom. The lowest BCUT2D eigenvalue weighted by atomic mass is 10.2. The molecule has 5 heteroatoms. The highest BCUT2D eigenvalue weighted by Gasteiger charge is 2.16. The molecule has 0 bridgehead atoms. The molecule has 1 heterocycles. The second-order valence-corrected chi connectivity index (χ2v) is 5.06. The van der Waals surface area contributed by atoms with Gasteiger partial charge in [-0.15, -0.1) is 0 Å². The number of rotatable bonds is 4. The van der Waals surface area contributed by atoms with Gasteiger partial charge < -0.3 is 15.5 Å². The van der Waals surface area contributed by atoms with Crippen LogP contribution in [0.15, 0.2) is 18.2 Å². The first-order valence-electron chi connectivity index (χ1n) is 6.71. The van der Waals surface area contributed by atoms with Crippen LogP contribution in [0.25, 0.3) is 0 Å². The van der Waals surface area contributed by atoms with E-state index in [1.165, 1.54) is 5.56 Å². The summed E-state index contributed by atoms with van der Waals surface area (Å²) in [5.41, 5.74) is 2.19. The first-order valence-corrected chi connectivity index (χ1v) is 7.09. The number of anilines is 1. The zero-order valence-electron chi connectivity index (χ0n) is 11.2. The van der Waals surface area contributed by atoms with Gasteiger partial charge in [0.15, 0.2) is 0 Å². The Morgan fingerprint density at radius 2 is 2.26 bits per heavy atom. The maximum absolute atomic E-state index is 11.3. The number of carbonyl (C=O) groups excluding carboxylic acids is 1. The SMILES string of the molecule is CCNCc1ccc(N2CCNC(=O)CC2)c(Cl)c1. The zero-order chi connectivity index (χ0) is 13.7. The molecule has 0 radical (unpaired) electrons. The topological polar surface area (TPSA) is 44.4 Å². The third-order valence-electron chi connectivity index (χ3n) is 3.24. The van der Waals surface area contributed by atoms with Crippen LogP contribution in [0.3, 0.4) is 0 Å². The average molecular weight is 282 g/mol. The minimum Gasteiger partial charge on any atom is -0.368 e. The summed E-state index contributed by atoms with van der Waals surface area (Å²) >= 11 is 6.36. The average Bonchev–Trinajstić information content (AvgIpc) is 2.61. The fraction of sp³-hybridized carbons (Fsp3) is 0.500. The molecule has 2 rings (SSSR count). The number of nitrogens with one attached hydrogen (secondary N) is 2. The fourth-order valence-electron chi connectivity index (χ4n) is 2.19. The molecule has 1 amide bonds. The molecule has 0 atom stereocenters. The van der Waals surface area contributed by atoms with Gasteiger partial charge in [-0.25, -0.2) is 0 Å². The highest BCUT2D eigenvalue weighted by atomic mass is 35.5. The fourth-order valence-corrected chi connectivity index (χ4v) is 2.52. The lowest BCUT2D eigenvalue weighted by Gasteiger charge is -2.23. The van der Waals surface area contributed by atoms with Gasteiger partial charge in [-0.2, -0.15) is 0 Å². The number of benzene rings is 1. The van der Waals surface area contributed by atoms with Crippen LogP contribution in [-0.4, -0.2) is 32.1 Å². The Hall–Kier alpha value is -1.26. The van der Waals surface area contributed by atoms with E-state index in [1.54, 1.807) is 0 Å². The third-order valence-corrected chi connectivity index (χ3v) is 3.55. The summed E-state index contributed by atoms with van der Waals surface area (Å²) in [5, 5.41) is 6.90. The lowest BCUT2D eigenvalue weighted by Crippen LogP contribution is -2.28. The molecule has 1 saturated heterocycles. The number of halogens is 1. The highest BCUT2D eigenvalue weighted by molar-refractivity contribution is 6.33. The molecule has 0 unspecified atom stereocenters. The molecule has 2 N–H and O–H groups in total. The number of carbonyl (C=O) groups is 1. The molecule has 1 aromatic carbocycles. The van der Waals surface area contributed by atoms with Gasteiger partial charge in [0.25, 0.3) is 0 Å². The van der Waals surface area contributed by atoms with Gasteiger partial charge >= 0.3 is 0 Å². The van der Waals surface area contributed by atoms with Crippen LogP contribution in [0.4, 0.5) is 5.69 Å². The Bertz CT molecular complexity index is 450. The van der Waals surface area contributed by atoms with E-state index in [0.29, 0.717) is 13.0 Å². The van der Waals surface area contributed by atoms with Crippen molar-refractivity contribution < 1.29 is 4.79 Å². The van der Waals surface area contributed by atoms with Gasteiger partial charge in [0.1, 0.15) is 0 Å². The number of nitrogens with zero attached hydrogens (tertiary/aromatic N) is 1. The van der Waals surface area contributed by atoms with Crippen molar-refractivity contribution in [3.63, 3.8) is 0 Å². The lowest BCUT2D eigenvalue weighted by molar-refractivity contribution is -0.120. The molecule has 1 aliphatic heterocycles. The van der Waals surface area contributed by atoms with Crippen molar-refractivity contribution >= 4 is 23.2 Å². The standard InChI is InChI=1S/C14H20ClN3O/c1-2-16-10-11-3-4-13(12(15)9-11)18-7-5-14(19)17-6-8-18/h3-4,9,16H,2,5-8,10H2,1H3,(H,17,19). The molecular formula is C14H20ClN3O. The van der Waals surface area contributed by atoms with E-state index in [1.807, 2.05) is 12.1 Å². The molecular weight excluding hydrogens is 262 g/mol. The van der Waals surface area contributed by atoms with E-state index in [9.17, 15) is 4.79 Å². The predicted molar refractivity (Wildman–Crippen MR) is 78.7 cm³/mol. The molecule has 0 saturated carbocycles. The van der Waals surface area contributed by atoms with Crippen molar-refractivity contribution in [2.24, 2.45) is 0 Å². The number of hydrogen-bond acceptors (Lipinski definition) is 3.